The van der Waals surface area contributed by atoms with E-state index < -0.39 is 0 Å². The monoisotopic (exact) mass is 314 g/mol. The number of hydrogen-bond acceptors (Lipinski definition) is 2. The number of nitrogens with zero attached hydrogens (tertiary/aromatic N) is 2. The Bertz CT molecular complexity index is 422. The van der Waals surface area contributed by atoms with Crippen LogP contribution in [-0.4, -0.2) is 43.0 Å². The number of halogens is 2. The fourth-order valence-corrected chi connectivity index (χ4v) is 3.17. The van der Waals surface area contributed by atoms with Crippen molar-refractivity contribution in [2.24, 2.45) is 5.92 Å². The van der Waals surface area contributed by atoms with E-state index in [1.807, 2.05) is 12.1 Å². The van der Waals surface area contributed by atoms with Crippen LogP contribution in [-0.2, 0) is 6.54 Å². The van der Waals surface area contributed by atoms with Gasteiger partial charge in [0.2, 0.25) is 0 Å². The maximum absolute atomic E-state index is 13.2. The Kier molecular flexibility index (Phi) is 4.41. The van der Waals surface area contributed by atoms with Crippen LogP contribution in [0.5, 0.6) is 0 Å². The van der Waals surface area contributed by atoms with Gasteiger partial charge in [0.1, 0.15) is 5.82 Å². The van der Waals surface area contributed by atoms with Gasteiger partial charge >= 0.3 is 0 Å². The molecule has 0 saturated carbocycles. The normalized spacial score (nSPS) is 25.0. The smallest absolute Gasteiger partial charge is 0.137 e. The van der Waals surface area contributed by atoms with Crippen molar-refractivity contribution in [3.63, 3.8) is 0 Å². The molecule has 4 heteroatoms. The van der Waals surface area contributed by atoms with Crippen molar-refractivity contribution in [3.05, 3.63) is 34.1 Å². The Morgan fingerprint density at radius 3 is 2.67 bits per heavy atom. The first-order valence-electron chi connectivity index (χ1n) is 6.30. The zero-order valence-corrected chi connectivity index (χ0v) is 12.7. The Hall–Kier alpha value is -0.450. The highest BCUT2D eigenvalue weighted by molar-refractivity contribution is 9.10. The maximum Gasteiger partial charge on any atom is 0.137 e. The van der Waals surface area contributed by atoms with Gasteiger partial charge in [-0.25, -0.2) is 4.39 Å². The average molecular weight is 315 g/mol. The molecule has 1 aromatic carbocycles. The number of likely N-dealkylation sites (tertiary alicyclic amines) is 1. The van der Waals surface area contributed by atoms with E-state index in [-0.39, 0.29) is 5.82 Å². The van der Waals surface area contributed by atoms with Crippen LogP contribution in [0, 0.1) is 11.7 Å². The predicted octanol–water partition coefficient (Wildman–Crippen LogP) is 2.97. The summed E-state index contributed by atoms with van der Waals surface area (Å²) in [6.07, 6.45) is 0. The fourth-order valence-electron chi connectivity index (χ4n) is 2.75. The van der Waals surface area contributed by atoms with Gasteiger partial charge in [-0.3, -0.25) is 4.90 Å². The highest BCUT2D eigenvalue weighted by Crippen LogP contribution is 2.23. The summed E-state index contributed by atoms with van der Waals surface area (Å²) >= 11 is 3.24. The first-order chi connectivity index (χ1) is 8.47. The second-order valence-electron chi connectivity index (χ2n) is 5.45. The molecule has 1 aliphatic heterocycles. The van der Waals surface area contributed by atoms with Gasteiger partial charge in [-0.05, 0) is 53.6 Å². The summed E-state index contributed by atoms with van der Waals surface area (Å²) in [6.45, 7) is 5.39. The largest absolute Gasteiger partial charge is 0.305 e. The van der Waals surface area contributed by atoms with Gasteiger partial charge in [0, 0.05) is 25.7 Å². The molecule has 1 heterocycles. The molecule has 1 fully saturated rings. The third-order valence-corrected chi connectivity index (χ3v) is 4.31. The summed E-state index contributed by atoms with van der Waals surface area (Å²) in [5.41, 5.74) is 1.16. The van der Waals surface area contributed by atoms with E-state index in [9.17, 15) is 4.39 Å². The molecule has 0 radical (unpaired) electrons. The molecule has 0 N–H and O–H groups in total. The SMILES string of the molecule is C[C@@H]1CN(Cc2ccc(F)c(Br)c2)C[C@@H]1N(C)C. The van der Waals surface area contributed by atoms with Crippen molar-refractivity contribution in [1.82, 2.24) is 9.80 Å². The van der Waals surface area contributed by atoms with E-state index in [0.717, 1.165) is 25.2 Å². The lowest BCUT2D eigenvalue weighted by molar-refractivity contribution is 0.250. The fraction of sp³-hybridized carbons (Fsp3) is 0.571. The molecule has 100 valence electrons. The lowest BCUT2D eigenvalue weighted by Crippen LogP contribution is -2.34. The first kappa shape index (κ1) is 14.0. The number of likely N-dealkylation sites (N-methyl/N-ethyl adjacent to an activating group) is 1. The molecule has 0 aliphatic carbocycles. The molecule has 0 aromatic heterocycles. The molecule has 0 unspecified atom stereocenters. The average Bonchev–Trinajstić information content (AvgIpc) is 2.65. The van der Waals surface area contributed by atoms with Crippen LogP contribution in [0.4, 0.5) is 4.39 Å². The van der Waals surface area contributed by atoms with Crippen molar-refractivity contribution >= 4 is 15.9 Å². The second kappa shape index (κ2) is 5.68. The van der Waals surface area contributed by atoms with E-state index in [4.69, 9.17) is 0 Å². The molecular weight excluding hydrogens is 295 g/mol. The summed E-state index contributed by atoms with van der Waals surface area (Å²) in [5, 5.41) is 0. The van der Waals surface area contributed by atoms with Crippen molar-refractivity contribution in [2.75, 3.05) is 27.2 Å². The van der Waals surface area contributed by atoms with Crippen LogP contribution in [0.25, 0.3) is 0 Å². The molecular formula is C14H20BrFN2. The molecule has 2 rings (SSSR count). The first-order valence-corrected chi connectivity index (χ1v) is 7.09. The van der Waals surface area contributed by atoms with E-state index in [0.29, 0.717) is 16.4 Å². The van der Waals surface area contributed by atoms with Crippen LogP contribution in [0.15, 0.2) is 22.7 Å². The van der Waals surface area contributed by atoms with E-state index in [1.54, 1.807) is 0 Å². The topological polar surface area (TPSA) is 6.48 Å². The number of hydrogen-bond donors (Lipinski definition) is 0. The number of benzene rings is 1. The molecule has 18 heavy (non-hydrogen) atoms. The van der Waals surface area contributed by atoms with Crippen LogP contribution in [0.3, 0.4) is 0 Å². The Morgan fingerprint density at radius 1 is 1.39 bits per heavy atom. The summed E-state index contributed by atoms with van der Waals surface area (Å²) in [4.78, 5) is 4.74. The van der Waals surface area contributed by atoms with Crippen molar-refractivity contribution in [3.8, 4) is 0 Å². The predicted molar refractivity (Wildman–Crippen MR) is 76.0 cm³/mol. The molecule has 0 bridgehead atoms. The van der Waals surface area contributed by atoms with Gasteiger partial charge in [-0.15, -0.1) is 0 Å². The van der Waals surface area contributed by atoms with Crippen molar-refractivity contribution in [1.29, 1.82) is 0 Å². The molecule has 1 aromatic rings. The van der Waals surface area contributed by atoms with Gasteiger partial charge in [-0.2, -0.15) is 0 Å². The minimum Gasteiger partial charge on any atom is -0.305 e. The van der Waals surface area contributed by atoms with Crippen LogP contribution >= 0.6 is 15.9 Å². The highest BCUT2D eigenvalue weighted by atomic mass is 79.9. The minimum absolute atomic E-state index is 0.195. The molecule has 2 nitrogen and oxygen atoms in total. The Labute approximate surface area is 117 Å². The zero-order chi connectivity index (χ0) is 13.3. The van der Waals surface area contributed by atoms with Crippen molar-refractivity contribution < 1.29 is 4.39 Å². The molecule has 1 saturated heterocycles. The Balaban J connectivity index is 2.00. The van der Waals surface area contributed by atoms with E-state index >= 15 is 0 Å². The lowest BCUT2D eigenvalue weighted by Gasteiger charge is -2.22. The van der Waals surface area contributed by atoms with E-state index in [2.05, 4.69) is 46.7 Å². The van der Waals surface area contributed by atoms with Crippen LogP contribution in [0.2, 0.25) is 0 Å². The molecule has 1 aliphatic rings. The van der Waals surface area contributed by atoms with E-state index in [1.165, 1.54) is 6.07 Å². The summed E-state index contributed by atoms with van der Waals surface area (Å²) in [7, 11) is 4.28. The molecule has 0 amide bonds. The van der Waals surface area contributed by atoms with Gasteiger partial charge < -0.3 is 4.90 Å². The Morgan fingerprint density at radius 2 is 2.11 bits per heavy atom. The minimum atomic E-state index is -0.195. The van der Waals surface area contributed by atoms with Crippen LogP contribution in [0.1, 0.15) is 12.5 Å². The van der Waals surface area contributed by atoms with Gasteiger partial charge in [0.25, 0.3) is 0 Å². The third-order valence-electron chi connectivity index (χ3n) is 3.70. The van der Waals surface area contributed by atoms with Crippen LogP contribution < -0.4 is 0 Å². The standard InChI is InChI=1S/C14H20BrFN2/c1-10-7-18(9-14(10)17(2)3)8-11-4-5-13(16)12(15)6-11/h4-6,10,14H,7-9H2,1-3H3/t10-,14+/m1/s1. The lowest BCUT2D eigenvalue weighted by atomic mass is 10.1. The molecule has 2 atom stereocenters. The van der Waals surface area contributed by atoms with Crippen molar-refractivity contribution in [2.45, 2.75) is 19.5 Å². The zero-order valence-electron chi connectivity index (χ0n) is 11.2. The van der Waals surface area contributed by atoms with Gasteiger partial charge in [-0.1, -0.05) is 13.0 Å². The third kappa shape index (κ3) is 3.11. The maximum atomic E-state index is 13.2. The highest BCUT2D eigenvalue weighted by Gasteiger charge is 2.30. The summed E-state index contributed by atoms with van der Waals surface area (Å²) in [6, 6.07) is 5.90. The second-order valence-corrected chi connectivity index (χ2v) is 6.31. The van der Waals surface area contributed by atoms with Gasteiger partial charge in [0.15, 0.2) is 0 Å². The van der Waals surface area contributed by atoms with Gasteiger partial charge in [0.05, 0.1) is 4.47 Å². The summed E-state index contributed by atoms with van der Waals surface area (Å²) < 4.78 is 13.7. The molecule has 0 spiro atoms. The number of rotatable bonds is 3. The quantitative estimate of drug-likeness (QED) is 0.846. The summed E-state index contributed by atoms with van der Waals surface area (Å²) in [5.74, 6) is 0.489.